The number of nitrogens with zero attached hydrogens (tertiary/aromatic N) is 1. The van der Waals surface area contributed by atoms with Gasteiger partial charge in [0.05, 0.1) is 5.33 Å². The van der Waals surface area contributed by atoms with E-state index < -0.39 is 11.6 Å². The highest BCUT2D eigenvalue weighted by Gasteiger charge is 2.51. The molecule has 1 aromatic carbocycles. The minimum absolute atomic E-state index is 0.0400. The van der Waals surface area contributed by atoms with Crippen LogP contribution in [0, 0.1) is 11.8 Å². The van der Waals surface area contributed by atoms with Crippen LogP contribution in [-0.2, 0) is 25.7 Å². The second-order valence-electron chi connectivity index (χ2n) is 10.1. The van der Waals surface area contributed by atoms with E-state index >= 15 is 0 Å². The highest BCUT2D eigenvalue weighted by molar-refractivity contribution is 9.09. The van der Waals surface area contributed by atoms with Crippen molar-refractivity contribution in [2.45, 2.75) is 84.7 Å². The van der Waals surface area contributed by atoms with Gasteiger partial charge < -0.3 is 10.1 Å². The van der Waals surface area contributed by atoms with Crippen LogP contribution >= 0.6 is 15.9 Å². The highest BCUT2D eigenvalue weighted by Crippen LogP contribution is 2.37. The molecule has 0 radical (unpaired) electrons. The highest BCUT2D eigenvalue weighted by atomic mass is 79.9. The summed E-state index contributed by atoms with van der Waals surface area (Å²) in [6.07, 6.45) is 1.09. The molecule has 1 saturated heterocycles. The number of benzene rings is 1. The minimum Gasteiger partial charge on any atom is -0.459 e. The van der Waals surface area contributed by atoms with Crippen molar-refractivity contribution in [2.75, 3.05) is 5.33 Å². The molecule has 0 unspecified atom stereocenters. The molecule has 178 valence electrons. The Morgan fingerprint density at radius 1 is 1.19 bits per heavy atom. The Hall–Kier alpha value is -1.73. The number of Topliss-reactive ketones (excluding diaryl/α,β-unsaturated/α-hetero) is 1. The molecule has 0 bridgehead atoms. The van der Waals surface area contributed by atoms with Gasteiger partial charge in [-0.25, -0.2) is 0 Å². The van der Waals surface area contributed by atoms with Crippen molar-refractivity contribution in [3.63, 3.8) is 0 Å². The topological polar surface area (TPSA) is 75.7 Å². The summed E-state index contributed by atoms with van der Waals surface area (Å²) in [5, 5.41) is 3.30. The van der Waals surface area contributed by atoms with Gasteiger partial charge in [-0.05, 0) is 45.1 Å². The lowest BCUT2D eigenvalue weighted by atomic mass is 9.86. The van der Waals surface area contributed by atoms with Gasteiger partial charge in [-0.1, -0.05) is 60.1 Å². The molecule has 32 heavy (non-hydrogen) atoms. The first kappa shape index (κ1) is 26.5. The van der Waals surface area contributed by atoms with Gasteiger partial charge >= 0.3 is 5.97 Å². The number of ether oxygens (including phenoxy) is 1. The van der Waals surface area contributed by atoms with E-state index in [1.807, 2.05) is 51.1 Å². The smallest absolute Gasteiger partial charge is 0.323 e. The summed E-state index contributed by atoms with van der Waals surface area (Å²) < 4.78 is 5.75. The predicted octanol–water partition coefficient (Wildman–Crippen LogP) is 4.10. The zero-order valence-corrected chi connectivity index (χ0v) is 21.6. The van der Waals surface area contributed by atoms with Crippen molar-refractivity contribution in [3.8, 4) is 0 Å². The number of carbonyl (C=O) groups is 3. The van der Waals surface area contributed by atoms with Crippen LogP contribution in [0.5, 0.6) is 0 Å². The van der Waals surface area contributed by atoms with Gasteiger partial charge in [-0.15, -0.1) is 0 Å². The maximum Gasteiger partial charge on any atom is 0.323 e. The third kappa shape index (κ3) is 7.41. The molecule has 0 spiro atoms. The van der Waals surface area contributed by atoms with E-state index in [1.165, 1.54) is 6.92 Å². The Kier molecular flexibility index (Phi) is 9.46. The van der Waals surface area contributed by atoms with Gasteiger partial charge in [-0.2, -0.15) is 0 Å². The number of nitrogens with one attached hydrogen (secondary N) is 1. The van der Waals surface area contributed by atoms with Crippen molar-refractivity contribution < 1.29 is 19.1 Å². The first-order chi connectivity index (χ1) is 14.9. The summed E-state index contributed by atoms with van der Waals surface area (Å²) >= 11 is 3.32. The van der Waals surface area contributed by atoms with Gasteiger partial charge in [0, 0.05) is 31.5 Å². The molecule has 0 aliphatic carbocycles. The number of ketones is 1. The third-order valence-electron chi connectivity index (χ3n) is 5.63. The molecule has 2 rings (SSSR count). The summed E-state index contributed by atoms with van der Waals surface area (Å²) in [5.41, 5.74) is 0.418. The molecule has 4 atom stereocenters. The Morgan fingerprint density at radius 2 is 1.81 bits per heavy atom. The Balaban J connectivity index is 2.52. The molecule has 7 heteroatoms. The lowest BCUT2D eigenvalue weighted by molar-refractivity contribution is -0.161. The van der Waals surface area contributed by atoms with E-state index in [0.29, 0.717) is 25.3 Å². The molecule has 1 aliphatic heterocycles. The van der Waals surface area contributed by atoms with Gasteiger partial charge in [0.2, 0.25) is 5.91 Å². The van der Waals surface area contributed by atoms with Crippen molar-refractivity contribution in [1.82, 2.24) is 10.2 Å². The lowest BCUT2D eigenvalue weighted by Crippen LogP contribution is -2.55. The number of rotatable bonds is 9. The number of amides is 1. The fourth-order valence-electron chi connectivity index (χ4n) is 4.55. The number of hydrogen-bond donors (Lipinski definition) is 1. The average Bonchev–Trinajstić information content (AvgIpc) is 3.05. The number of alkyl halides is 1. The Labute approximate surface area is 200 Å². The second kappa shape index (κ2) is 11.4. The standard InChI is InChI=1S/C25H37BrN2O4/c1-16(2)12-20(27-17(3)29)23-19(22(30)14-26)13-21(24(31)32-25(4,5)6)28(23)15-18-10-8-7-9-11-18/h7-11,16,19-21,23H,12-15H2,1-6H3,(H,27,29)/t19-,20-,21+,23+/m0/s1. The quantitative estimate of drug-likeness (QED) is 0.401. The number of esters is 1. The van der Waals surface area contributed by atoms with Crippen molar-refractivity contribution in [2.24, 2.45) is 11.8 Å². The van der Waals surface area contributed by atoms with Crippen molar-refractivity contribution in [3.05, 3.63) is 35.9 Å². The lowest BCUT2D eigenvalue weighted by Gasteiger charge is -2.37. The molecule has 6 nitrogen and oxygen atoms in total. The molecule has 0 saturated carbocycles. The predicted molar refractivity (Wildman–Crippen MR) is 129 cm³/mol. The van der Waals surface area contributed by atoms with Crippen LogP contribution in [0.3, 0.4) is 0 Å². The fourth-order valence-corrected chi connectivity index (χ4v) is 4.97. The molecule has 1 fully saturated rings. The summed E-state index contributed by atoms with van der Waals surface area (Å²) in [5.74, 6) is -0.495. The third-order valence-corrected chi connectivity index (χ3v) is 6.18. The number of hydrogen-bond acceptors (Lipinski definition) is 5. The molecular weight excluding hydrogens is 472 g/mol. The first-order valence-corrected chi connectivity index (χ1v) is 12.4. The SMILES string of the molecule is CC(=O)N[C@@H](CC(C)C)[C@H]1[C@H](C(=O)CBr)C[C@H](C(=O)OC(C)(C)C)N1Cc1ccccc1. The van der Waals surface area contributed by atoms with Gasteiger partial charge in [0.1, 0.15) is 17.4 Å². The summed E-state index contributed by atoms with van der Waals surface area (Å²) in [4.78, 5) is 40.4. The van der Waals surface area contributed by atoms with Gasteiger partial charge in [0.15, 0.2) is 0 Å². The molecule has 1 aromatic rings. The monoisotopic (exact) mass is 508 g/mol. The maximum atomic E-state index is 13.3. The van der Waals surface area contributed by atoms with E-state index in [0.717, 1.165) is 5.56 Å². The van der Waals surface area contributed by atoms with E-state index in [-0.39, 0.29) is 41.0 Å². The number of carbonyl (C=O) groups excluding carboxylic acids is 3. The molecule has 1 aliphatic rings. The number of halogens is 1. The van der Waals surface area contributed by atoms with E-state index in [9.17, 15) is 14.4 Å². The van der Waals surface area contributed by atoms with Crippen LogP contribution in [0.4, 0.5) is 0 Å². The fraction of sp³-hybridized carbons (Fsp3) is 0.640. The molecule has 0 aromatic heterocycles. The zero-order chi connectivity index (χ0) is 24.1. The summed E-state index contributed by atoms with van der Waals surface area (Å²) in [6, 6.07) is 8.79. The van der Waals surface area contributed by atoms with Crippen LogP contribution in [0.25, 0.3) is 0 Å². The number of likely N-dealkylation sites (tertiary alicyclic amines) is 1. The van der Waals surface area contributed by atoms with Crippen LogP contribution in [0.2, 0.25) is 0 Å². The normalized spacial score (nSPS) is 22.6. The summed E-state index contributed by atoms with van der Waals surface area (Å²) in [7, 11) is 0. The second-order valence-corrected chi connectivity index (χ2v) is 10.6. The largest absolute Gasteiger partial charge is 0.459 e. The van der Waals surface area contributed by atoms with E-state index in [2.05, 4.69) is 40.0 Å². The van der Waals surface area contributed by atoms with E-state index in [4.69, 9.17) is 4.74 Å². The molecule has 1 N–H and O–H groups in total. The van der Waals surface area contributed by atoms with Crippen LogP contribution in [-0.4, -0.2) is 51.6 Å². The summed E-state index contributed by atoms with van der Waals surface area (Å²) in [6.45, 7) is 11.7. The zero-order valence-electron chi connectivity index (χ0n) is 20.1. The van der Waals surface area contributed by atoms with Crippen molar-refractivity contribution in [1.29, 1.82) is 0 Å². The minimum atomic E-state index is -0.627. The van der Waals surface area contributed by atoms with E-state index in [1.54, 1.807) is 0 Å². The van der Waals surface area contributed by atoms with Crippen LogP contribution < -0.4 is 5.32 Å². The van der Waals surface area contributed by atoms with Gasteiger partial charge in [0.25, 0.3) is 0 Å². The van der Waals surface area contributed by atoms with Gasteiger partial charge in [-0.3, -0.25) is 19.3 Å². The average molecular weight is 509 g/mol. The molecule has 1 heterocycles. The van der Waals surface area contributed by atoms with Crippen molar-refractivity contribution >= 4 is 33.6 Å². The van der Waals surface area contributed by atoms with Crippen LogP contribution in [0.15, 0.2) is 30.3 Å². The first-order valence-electron chi connectivity index (χ1n) is 11.3. The Bertz CT molecular complexity index is 791. The molecular formula is C25H37BrN2O4. The maximum absolute atomic E-state index is 13.3. The Morgan fingerprint density at radius 3 is 2.31 bits per heavy atom. The van der Waals surface area contributed by atoms with Crippen LogP contribution in [0.1, 0.15) is 59.9 Å². The molecule has 1 amide bonds.